The Kier molecular flexibility index (Phi) is 18.4. The van der Waals surface area contributed by atoms with E-state index in [0.29, 0.717) is 12.5 Å². The fraction of sp³-hybridized carbons (Fsp3) is 0.955. The molecule has 0 saturated heterocycles. The van der Waals surface area contributed by atoms with Gasteiger partial charge in [0.25, 0.3) is 0 Å². The van der Waals surface area contributed by atoms with Gasteiger partial charge in [-0.15, -0.1) is 0 Å². The lowest BCUT2D eigenvalue weighted by molar-refractivity contribution is -0.142. The predicted octanol–water partition coefficient (Wildman–Crippen LogP) is 7.45. The van der Waals surface area contributed by atoms with Crippen LogP contribution in [0.1, 0.15) is 124 Å². The first-order valence-corrected chi connectivity index (χ1v) is 10.8. The molecule has 0 saturated carbocycles. The van der Waals surface area contributed by atoms with Crippen molar-refractivity contribution in [3.05, 3.63) is 0 Å². The summed E-state index contributed by atoms with van der Waals surface area (Å²) < 4.78 is 5.28. The minimum absolute atomic E-state index is 0.126. The second kappa shape index (κ2) is 18.8. The van der Waals surface area contributed by atoms with E-state index in [1.165, 1.54) is 110 Å². The van der Waals surface area contributed by atoms with Gasteiger partial charge < -0.3 is 4.74 Å². The molecule has 144 valence electrons. The number of hydrogen-bond acceptors (Lipinski definition) is 2. The van der Waals surface area contributed by atoms with Crippen molar-refractivity contribution in [2.45, 2.75) is 124 Å². The van der Waals surface area contributed by atoms with Crippen LogP contribution in [0.2, 0.25) is 0 Å². The van der Waals surface area contributed by atoms with Crippen molar-refractivity contribution in [3.8, 4) is 0 Å². The molecule has 0 aliphatic carbocycles. The Morgan fingerprint density at radius 3 is 1.42 bits per heavy atom. The summed E-state index contributed by atoms with van der Waals surface area (Å²) in [4.78, 5) is 11.1. The fourth-order valence-electron chi connectivity index (χ4n) is 3.33. The minimum atomic E-state index is -0.126. The Balaban J connectivity index is 3.69. The molecule has 0 aliphatic rings. The van der Waals surface area contributed by atoms with Crippen LogP contribution in [0.3, 0.4) is 0 Å². The molecule has 0 fully saturated rings. The third kappa shape index (κ3) is 17.8. The molecule has 2 heteroatoms. The summed E-state index contributed by atoms with van der Waals surface area (Å²) in [6.45, 7) is 6.70. The van der Waals surface area contributed by atoms with E-state index in [1.54, 1.807) is 0 Å². The van der Waals surface area contributed by atoms with E-state index in [4.69, 9.17) is 4.74 Å². The number of unbranched alkanes of at least 4 members (excludes halogenated alkanes) is 12. The van der Waals surface area contributed by atoms with E-state index in [2.05, 4.69) is 13.8 Å². The highest BCUT2D eigenvalue weighted by Gasteiger charge is 2.10. The maximum absolute atomic E-state index is 11.1. The average molecular weight is 341 g/mol. The number of hydrogen-bond donors (Lipinski definition) is 0. The Morgan fingerprint density at radius 2 is 1.04 bits per heavy atom. The first-order chi connectivity index (χ1) is 11.7. The first-order valence-electron chi connectivity index (χ1n) is 10.8. The lowest BCUT2D eigenvalue weighted by Crippen LogP contribution is -2.12. The second-order valence-electron chi connectivity index (χ2n) is 7.49. The van der Waals surface area contributed by atoms with Crippen molar-refractivity contribution in [1.29, 1.82) is 0 Å². The Labute approximate surface area is 152 Å². The molecule has 0 radical (unpaired) electrons. The number of esters is 1. The van der Waals surface area contributed by atoms with Gasteiger partial charge >= 0.3 is 5.97 Å². The van der Waals surface area contributed by atoms with Gasteiger partial charge in [0.2, 0.25) is 0 Å². The molecule has 0 N–H and O–H groups in total. The van der Waals surface area contributed by atoms with E-state index in [9.17, 15) is 4.79 Å². The van der Waals surface area contributed by atoms with Gasteiger partial charge in [0.1, 0.15) is 0 Å². The lowest BCUT2D eigenvalue weighted by atomic mass is 9.94. The predicted molar refractivity (Wildman–Crippen MR) is 105 cm³/mol. The molecular formula is C22H44O2. The number of carbonyl (C=O) groups excluding carboxylic acids is 1. The Morgan fingerprint density at radius 1 is 0.667 bits per heavy atom. The highest BCUT2D eigenvalue weighted by atomic mass is 16.5. The molecule has 0 heterocycles. The van der Waals surface area contributed by atoms with E-state index < -0.39 is 0 Å². The van der Waals surface area contributed by atoms with Crippen LogP contribution in [-0.2, 0) is 9.53 Å². The minimum Gasteiger partial charge on any atom is -0.466 e. The largest absolute Gasteiger partial charge is 0.466 e. The number of rotatable bonds is 18. The van der Waals surface area contributed by atoms with E-state index in [0.717, 1.165) is 0 Å². The van der Waals surface area contributed by atoms with Crippen LogP contribution in [0.25, 0.3) is 0 Å². The smallest absolute Gasteiger partial charge is 0.302 e. The van der Waals surface area contributed by atoms with Gasteiger partial charge in [0.05, 0.1) is 6.61 Å². The zero-order valence-corrected chi connectivity index (χ0v) is 16.9. The third-order valence-corrected chi connectivity index (χ3v) is 4.95. The third-order valence-electron chi connectivity index (χ3n) is 4.95. The molecule has 24 heavy (non-hydrogen) atoms. The standard InChI is InChI=1S/C22H44O2/c1-4-6-8-10-12-13-15-17-19-22(20-24-21(3)23)18-16-14-11-9-7-5-2/h22H,4-20H2,1-3H3. The molecule has 2 nitrogen and oxygen atoms in total. The molecular weight excluding hydrogens is 296 g/mol. The number of ether oxygens (including phenoxy) is 1. The van der Waals surface area contributed by atoms with Crippen molar-refractivity contribution in [2.75, 3.05) is 6.61 Å². The van der Waals surface area contributed by atoms with Crippen molar-refractivity contribution in [2.24, 2.45) is 5.92 Å². The molecule has 0 aliphatic heterocycles. The topological polar surface area (TPSA) is 26.3 Å². The maximum Gasteiger partial charge on any atom is 0.302 e. The first kappa shape index (κ1) is 23.5. The van der Waals surface area contributed by atoms with Crippen LogP contribution < -0.4 is 0 Å². The van der Waals surface area contributed by atoms with Crippen LogP contribution in [0, 0.1) is 5.92 Å². The maximum atomic E-state index is 11.1. The molecule has 0 rings (SSSR count). The average Bonchev–Trinajstić information content (AvgIpc) is 2.57. The van der Waals surface area contributed by atoms with Crippen LogP contribution >= 0.6 is 0 Å². The highest BCUT2D eigenvalue weighted by Crippen LogP contribution is 2.20. The normalized spacial score (nSPS) is 12.3. The van der Waals surface area contributed by atoms with Crippen molar-refractivity contribution in [3.63, 3.8) is 0 Å². The zero-order valence-electron chi connectivity index (χ0n) is 16.9. The van der Waals surface area contributed by atoms with Crippen LogP contribution in [0.5, 0.6) is 0 Å². The Hall–Kier alpha value is -0.530. The quantitative estimate of drug-likeness (QED) is 0.191. The van der Waals surface area contributed by atoms with E-state index in [-0.39, 0.29) is 5.97 Å². The molecule has 1 unspecified atom stereocenters. The van der Waals surface area contributed by atoms with Crippen molar-refractivity contribution >= 4 is 5.97 Å². The van der Waals surface area contributed by atoms with Crippen LogP contribution in [-0.4, -0.2) is 12.6 Å². The summed E-state index contributed by atoms with van der Waals surface area (Å²) in [5, 5.41) is 0. The summed E-state index contributed by atoms with van der Waals surface area (Å²) in [5.74, 6) is 0.457. The lowest BCUT2D eigenvalue weighted by Gasteiger charge is -2.16. The zero-order chi connectivity index (χ0) is 17.9. The fourth-order valence-corrected chi connectivity index (χ4v) is 3.33. The summed E-state index contributed by atoms with van der Waals surface area (Å²) in [7, 11) is 0. The molecule has 0 aromatic carbocycles. The van der Waals surface area contributed by atoms with Crippen LogP contribution in [0.15, 0.2) is 0 Å². The monoisotopic (exact) mass is 340 g/mol. The SMILES string of the molecule is CCCCCCCCCCC(CCCCCCCC)COC(C)=O. The summed E-state index contributed by atoms with van der Waals surface area (Å²) in [6, 6.07) is 0. The van der Waals surface area contributed by atoms with Gasteiger partial charge in [-0.1, -0.05) is 104 Å². The summed E-state index contributed by atoms with van der Waals surface area (Å²) >= 11 is 0. The van der Waals surface area contributed by atoms with Crippen molar-refractivity contribution in [1.82, 2.24) is 0 Å². The van der Waals surface area contributed by atoms with Gasteiger partial charge in [-0.25, -0.2) is 0 Å². The van der Waals surface area contributed by atoms with Crippen LogP contribution in [0.4, 0.5) is 0 Å². The summed E-state index contributed by atoms with van der Waals surface area (Å²) in [6.07, 6.45) is 21.5. The molecule has 1 atom stereocenters. The van der Waals surface area contributed by atoms with E-state index in [1.807, 2.05) is 0 Å². The summed E-state index contributed by atoms with van der Waals surface area (Å²) in [5.41, 5.74) is 0. The molecule has 0 spiro atoms. The highest BCUT2D eigenvalue weighted by molar-refractivity contribution is 5.65. The second-order valence-corrected chi connectivity index (χ2v) is 7.49. The molecule has 0 amide bonds. The molecule has 0 aromatic rings. The van der Waals surface area contributed by atoms with E-state index >= 15 is 0 Å². The van der Waals surface area contributed by atoms with Gasteiger partial charge in [-0.2, -0.15) is 0 Å². The van der Waals surface area contributed by atoms with Gasteiger partial charge in [-0.3, -0.25) is 4.79 Å². The number of carbonyl (C=O) groups is 1. The van der Waals surface area contributed by atoms with Crippen molar-refractivity contribution < 1.29 is 9.53 Å². The van der Waals surface area contributed by atoms with Gasteiger partial charge in [0, 0.05) is 6.92 Å². The Bertz CT molecular complexity index is 263. The molecule has 0 bridgehead atoms. The molecule has 0 aromatic heterocycles. The van der Waals surface area contributed by atoms with Gasteiger partial charge in [-0.05, 0) is 18.8 Å². The van der Waals surface area contributed by atoms with Gasteiger partial charge in [0.15, 0.2) is 0 Å².